The monoisotopic (exact) mass is 233 g/mol. The van der Waals surface area contributed by atoms with E-state index in [-0.39, 0.29) is 5.56 Å². The number of halogens is 4. The van der Waals surface area contributed by atoms with Crippen LogP contribution in [0.25, 0.3) is 6.08 Å². The lowest BCUT2D eigenvalue weighted by atomic mass is 10.1. The first kappa shape index (κ1) is 12.7. The summed E-state index contributed by atoms with van der Waals surface area (Å²) in [7, 11) is 0. The minimum atomic E-state index is -4.53. The highest BCUT2D eigenvalue weighted by atomic mass is 19.4. The van der Waals surface area contributed by atoms with Gasteiger partial charge in [0, 0.05) is 0 Å². The van der Waals surface area contributed by atoms with Crippen LogP contribution in [0.3, 0.4) is 0 Å². The molecule has 0 radical (unpaired) electrons. The normalized spacial score (nSPS) is 12.3. The molecule has 0 atom stereocenters. The smallest absolute Gasteiger partial charge is 0.330 e. The first-order valence-electron chi connectivity index (χ1n) is 4.68. The molecule has 1 nitrogen and oxygen atoms in total. The summed E-state index contributed by atoms with van der Waals surface area (Å²) in [6.45, 7) is 0.401. The summed E-state index contributed by atoms with van der Waals surface area (Å²) in [4.78, 5) is 0. The summed E-state index contributed by atoms with van der Waals surface area (Å²) in [5.41, 5.74) is 4.41. The minimum Gasteiger partial charge on any atom is -0.330 e. The van der Waals surface area contributed by atoms with Gasteiger partial charge < -0.3 is 5.73 Å². The molecule has 0 bridgehead atoms. The van der Waals surface area contributed by atoms with E-state index in [0.717, 1.165) is 12.1 Å². The van der Waals surface area contributed by atoms with Crippen LogP contribution in [0, 0.1) is 5.82 Å². The summed E-state index contributed by atoms with van der Waals surface area (Å²) in [6, 6.07) is 2.42. The Morgan fingerprint density at radius 3 is 2.44 bits per heavy atom. The average Bonchev–Trinajstić information content (AvgIpc) is 2.16. The van der Waals surface area contributed by atoms with Crippen molar-refractivity contribution in [3.8, 4) is 0 Å². The van der Waals surface area contributed by atoms with Crippen LogP contribution in [0.2, 0.25) is 0 Å². The molecule has 0 aliphatic heterocycles. The second-order valence-electron chi connectivity index (χ2n) is 3.25. The molecule has 0 spiro atoms. The zero-order valence-corrected chi connectivity index (χ0v) is 8.39. The molecule has 0 unspecified atom stereocenters. The fourth-order valence-electron chi connectivity index (χ4n) is 1.19. The number of hydrogen-bond donors (Lipinski definition) is 1. The highest BCUT2D eigenvalue weighted by Gasteiger charge is 2.31. The van der Waals surface area contributed by atoms with Gasteiger partial charge in [-0.15, -0.1) is 0 Å². The van der Waals surface area contributed by atoms with Crippen molar-refractivity contribution in [2.45, 2.75) is 12.6 Å². The highest BCUT2D eigenvalue weighted by molar-refractivity contribution is 5.51. The Balaban J connectivity index is 2.99. The fourth-order valence-corrected chi connectivity index (χ4v) is 1.19. The van der Waals surface area contributed by atoms with Crippen LogP contribution in [-0.4, -0.2) is 6.54 Å². The standard InChI is InChI=1S/C11H11F4N/c12-10-6-8(3-1-2-4-16)5-9(7-10)11(13,14)15/h1,3,5-7H,2,4,16H2. The van der Waals surface area contributed by atoms with Gasteiger partial charge in [-0.25, -0.2) is 4.39 Å². The van der Waals surface area contributed by atoms with Gasteiger partial charge in [-0.1, -0.05) is 12.2 Å². The van der Waals surface area contributed by atoms with E-state index >= 15 is 0 Å². The van der Waals surface area contributed by atoms with Crippen molar-refractivity contribution >= 4 is 6.08 Å². The molecule has 2 N–H and O–H groups in total. The SMILES string of the molecule is NCCC=Cc1cc(F)cc(C(F)(F)F)c1. The number of hydrogen-bond acceptors (Lipinski definition) is 1. The Morgan fingerprint density at radius 2 is 1.88 bits per heavy atom. The van der Waals surface area contributed by atoms with Crippen molar-refractivity contribution in [1.82, 2.24) is 0 Å². The maximum atomic E-state index is 12.9. The van der Waals surface area contributed by atoms with Crippen LogP contribution in [0.15, 0.2) is 24.3 Å². The molecule has 5 heteroatoms. The van der Waals surface area contributed by atoms with Crippen molar-refractivity contribution in [2.75, 3.05) is 6.54 Å². The molecule has 0 saturated heterocycles. The predicted molar refractivity (Wildman–Crippen MR) is 54.1 cm³/mol. The largest absolute Gasteiger partial charge is 0.416 e. The topological polar surface area (TPSA) is 26.0 Å². The Bertz CT molecular complexity index is 382. The lowest BCUT2D eigenvalue weighted by Gasteiger charge is -2.07. The van der Waals surface area contributed by atoms with Gasteiger partial charge in [-0.3, -0.25) is 0 Å². The molecule has 0 saturated carbocycles. The molecule has 0 fully saturated rings. The van der Waals surface area contributed by atoms with Crippen molar-refractivity contribution in [3.05, 3.63) is 41.2 Å². The Labute approximate surface area is 90.6 Å². The van der Waals surface area contributed by atoms with Gasteiger partial charge in [0.25, 0.3) is 0 Å². The van der Waals surface area contributed by atoms with E-state index in [0.29, 0.717) is 19.0 Å². The molecule has 0 heterocycles. The van der Waals surface area contributed by atoms with Crippen LogP contribution in [0.5, 0.6) is 0 Å². The molecule has 88 valence electrons. The molecular formula is C11H11F4N. The van der Waals surface area contributed by atoms with Gasteiger partial charge in [0.1, 0.15) is 5.82 Å². The molecule has 1 aromatic rings. The van der Waals surface area contributed by atoms with Gasteiger partial charge in [-0.2, -0.15) is 13.2 Å². The van der Waals surface area contributed by atoms with Gasteiger partial charge in [0.2, 0.25) is 0 Å². The molecule has 0 aliphatic rings. The molecule has 1 aromatic carbocycles. The second kappa shape index (κ2) is 5.12. The highest BCUT2D eigenvalue weighted by Crippen LogP contribution is 2.30. The van der Waals surface area contributed by atoms with E-state index in [1.807, 2.05) is 0 Å². The maximum Gasteiger partial charge on any atom is 0.416 e. The van der Waals surface area contributed by atoms with Gasteiger partial charge in [-0.05, 0) is 36.7 Å². The molecule has 0 aromatic heterocycles. The number of benzene rings is 1. The van der Waals surface area contributed by atoms with E-state index in [2.05, 4.69) is 0 Å². The van der Waals surface area contributed by atoms with Crippen LogP contribution in [-0.2, 0) is 6.18 Å². The first-order chi connectivity index (χ1) is 7.43. The minimum absolute atomic E-state index is 0.181. The lowest BCUT2D eigenvalue weighted by Crippen LogP contribution is -2.05. The zero-order valence-electron chi connectivity index (χ0n) is 8.39. The van der Waals surface area contributed by atoms with E-state index < -0.39 is 17.6 Å². The second-order valence-corrected chi connectivity index (χ2v) is 3.25. The Morgan fingerprint density at radius 1 is 1.19 bits per heavy atom. The maximum absolute atomic E-state index is 12.9. The van der Waals surface area contributed by atoms with E-state index in [1.54, 1.807) is 6.08 Å². The van der Waals surface area contributed by atoms with Crippen LogP contribution in [0.1, 0.15) is 17.5 Å². The summed E-state index contributed by atoms with van der Waals surface area (Å²) < 4.78 is 49.9. The molecule has 0 amide bonds. The Kier molecular flexibility index (Phi) is 4.06. The fraction of sp³-hybridized carbons (Fsp3) is 0.273. The summed E-state index contributed by atoms with van der Waals surface area (Å²) >= 11 is 0. The summed E-state index contributed by atoms with van der Waals surface area (Å²) in [5.74, 6) is -0.901. The van der Waals surface area contributed by atoms with Crippen molar-refractivity contribution in [1.29, 1.82) is 0 Å². The van der Waals surface area contributed by atoms with Gasteiger partial charge in [0.15, 0.2) is 0 Å². The quantitative estimate of drug-likeness (QED) is 0.797. The first-order valence-corrected chi connectivity index (χ1v) is 4.68. The predicted octanol–water partition coefficient (Wildman–Crippen LogP) is 3.21. The molecule has 16 heavy (non-hydrogen) atoms. The third-order valence-corrected chi connectivity index (χ3v) is 1.89. The zero-order chi connectivity index (χ0) is 12.2. The number of alkyl halides is 3. The third-order valence-electron chi connectivity index (χ3n) is 1.89. The molecular weight excluding hydrogens is 222 g/mol. The summed E-state index contributed by atoms with van der Waals surface area (Å²) in [6.07, 6.45) is -0.962. The van der Waals surface area contributed by atoms with Crippen LogP contribution in [0.4, 0.5) is 17.6 Å². The van der Waals surface area contributed by atoms with E-state index in [1.165, 1.54) is 6.08 Å². The number of rotatable bonds is 3. The van der Waals surface area contributed by atoms with Crippen LogP contribution < -0.4 is 5.73 Å². The van der Waals surface area contributed by atoms with Crippen molar-refractivity contribution in [2.24, 2.45) is 5.73 Å². The summed E-state index contributed by atoms with van der Waals surface area (Å²) in [5, 5.41) is 0. The third kappa shape index (κ3) is 3.66. The molecule has 1 rings (SSSR count). The number of nitrogens with two attached hydrogens (primary N) is 1. The molecule has 0 aliphatic carbocycles. The van der Waals surface area contributed by atoms with Gasteiger partial charge >= 0.3 is 6.18 Å². The van der Waals surface area contributed by atoms with Crippen molar-refractivity contribution in [3.63, 3.8) is 0 Å². The lowest BCUT2D eigenvalue weighted by molar-refractivity contribution is -0.137. The van der Waals surface area contributed by atoms with Crippen LogP contribution >= 0.6 is 0 Å². The average molecular weight is 233 g/mol. The van der Waals surface area contributed by atoms with Gasteiger partial charge in [0.05, 0.1) is 5.56 Å². The van der Waals surface area contributed by atoms with Crippen molar-refractivity contribution < 1.29 is 17.6 Å². The Hall–Kier alpha value is -1.36. The van der Waals surface area contributed by atoms with E-state index in [9.17, 15) is 17.6 Å². The van der Waals surface area contributed by atoms with E-state index in [4.69, 9.17) is 5.73 Å².